The number of nitrogens with zero attached hydrogens (tertiary/aromatic N) is 5. The highest BCUT2D eigenvalue weighted by atomic mass is 19.4. The number of hydrogen-bond donors (Lipinski definition) is 1. The number of rotatable bonds is 3. The average molecular weight is 495 g/mol. The number of carbonyl (C=O) groups excluding carboxylic acids is 1. The highest BCUT2D eigenvalue weighted by Crippen LogP contribution is 2.37. The first-order valence-electron chi connectivity index (χ1n) is 11.2. The molecule has 2 unspecified atom stereocenters. The third-order valence-electron chi connectivity index (χ3n) is 6.66. The van der Waals surface area contributed by atoms with Crippen molar-refractivity contribution in [1.82, 2.24) is 24.2 Å². The van der Waals surface area contributed by atoms with Gasteiger partial charge < -0.3 is 10.0 Å². The van der Waals surface area contributed by atoms with Crippen LogP contribution in [0.5, 0.6) is 0 Å². The largest absolute Gasteiger partial charge is 0.490 e. The van der Waals surface area contributed by atoms with Crippen LogP contribution in [0.25, 0.3) is 0 Å². The molecule has 2 aromatic rings. The van der Waals surface area contributed by atoms with Crippen molar-refractivity contribution in [3.8, 4) is 0 Å². The number of aliphatic carboxylic acids is 1. The van der Waals surface area contributed by atoms with Gasteiger partial charge in [0.1, 0.15) is 5.82 Å². The van der Waals surface area contributed by atoms with Gasteiger partial charge in [-0.1, -0.05) is 6.42 Å². The summed E-state index contributed by atoms with van der Waals surface area (Å²) >= 11 is 0. The minimum Gasteiger partial charge on any atom is -0.475 e. The van der Waals surface area contributed by atoms with Gasteiger partial charge >= 0.3 is 23.3 Å². The van der Waals surface area contributed by atoms with Crippen LogP contribution in [0.4, 0.5) is 13.2 Å². The second-order valence-electron chi connectivity index (χ2n) is 9.19. The average Bonchev–Trinajstić information content (AvgIpc) is 3.32. The first-order valence-corrected chi connectivity index (χ1v) is 11.2. The van der Waals surface area contributed by atoms with Crippen LogP contribution in [0, 0.1) is 18.8 Å². The molecule has 13 heteroatoms. The Hall–Kier alpha value is -3.51. The number of likely N-dealkylation sites (tertiary alicyclic amines) is 1. The van der Waals surface area contributed by atoms with E-state index in [0.29, 0.717) is 43.5 Å². The summed E-state index contributed by atoms with van der Waals surface area (Å²) in [6.07, 6.45) is 1.59. The standard InChI is InChI=1S/C20H23N5O3.C2HF3O2/c1-12-5-14(7-21-6-12)18(26)23-9-15-10-24-17(16(15)11-23)22-25(20(28)19(24)27)8-13-3-2-4-13;3-2(4,5)1(6)7/h5-7,13,15-16H,2-4,8-11H2,1H3;(H,6,7). The van der Waals surface area contributed by atoms with Gasteiger partial charge in [0.25, 0.3) is 5.91 Å². The number of fused-ring (bicyclic) bond motifs is 3. The Morgan fingerprint density at radius 2 is 1.80 bits per heavy atom. The summed E-state index contributed by atoms with van der Waals surface area (Å²) in [4.78, 5) is 52.7. The first kappa shape index (κ1) is 24.6. The van der Waals surface area contributed by atoms with Crippen molar-refractivity contribution in [1.29, 1.82) is 0 Å². The number of carboxylic acids is 1. The number of aromatic nitrogens is 4. The molecule has 1 aliphatic carbocycles. The summed E-state index contributed by atoms with van der Waals surface area (Å²) in [5, 5.41) is 11.7. The number of pyridine rings is 1. The molecule has 1 amide bonds. The molecule has 0 radical (unpaired) electrons. The molecule has 10 nitrogen and oxygen atoms in total. The van der Waals surface area contributed by atoms with E-state index in [2.05, 4.69) is 10.1 Å². The monoisotopic (exact) mass is 495 g/mol. The Morgan fingerprint density at radius 1 is 1.11 bits per heavy atom. The van der Waals surface area contributed by atoms with Crippen LogP contribution < -0.4 is 11.1 Å². The summed E-state index contributed by atoms with van der Waals surface area (Å²) in [7, 11) is 0. The van der Waals surface area contributed by atoms with E-state index in [-0.39, 0.29) is 17.7 Å². The number of amides is 1. The summed E-state index contributed by atoms with van der Waals surface area (Å²) in [6.45, 7) is 3.98. The zero-order valence-corrected chi connectivity index (χ0v) is 18.9. The lowest BCUT2D eigenvalue weighted by Gasteiger charge is -2.25. The maximum atomic E-state index is 12.9. The number of alkyl halides is 3. The highest BCUT2D eigenvalue weighted by Gasteiger charge is 2.44. The van der Waals surface area contributed by atoms with Crippen molar-refractivity contribution in [2.24, 2.45) is 11.8 Å². The van der Waals surface area contributed by atoms with Gasteiger partial charge in [-0.3, -0.25) is 23.9 Å². The number of carboxylic acid groups (broad SMARTS) is 1. The molecule has 1 saturated heterocycles. The second kappa shape index (κ2) is 9.27. The Balaban J connectivity index is 0.000000364. The van der Waals surface area contributed by atoms with Crippen molar-refractivity contribution < 1.29 is 27.9 Å². The van der Waals surface area contributed by atoms with Gasteiger partial charge in [0.15, 0.2) is 0 Å². The Kier molecular flexibility index (Phi) is 6.52. The van der Waals surface area contributed by atoms with E-state index in [1.54, 1.807) is 12.4 Å². The summed E-state index contributed by atoms with van der Waals surface area (Å²) in [5.74, 6) is -1.56. The molecule has 0 spiro atoms. The molecule has 2 fully saturated rings. The van der Waals surface area contributed by atoms with Gasteiger partial charge in [0.2, 0.25) is 0 Å². The number of halogens is 3. The van der Waals surface area contributed by atoms with Crippen molar-refractivity contribution in [2.45, 2.75) is 51.4 Å². The van der Waals surface area contributed by atoms with Gasteiger partial charge in [0.05, 0.1) is 5.56 Å². The molecule has 2 aliphatic heterocycles. The van der Waals surface area contributed by atoms with E-state index in [1.165, 1.54) is 15.7 Å². The Morgan fingerprint density at radius 3 is 2.37 bits per heavy atom. The molecule has 0 bridgehead atoms. The normalized spacial score (nSPS) is 21.0. The minimum absolute atomic E-state index is 0.00246. The van der Waals surface area contributed by atoms with E-state index in [4.69, 9.17) is 9.90 Å². The van der Waals surface area contributed by atoms with Crippen LogP contribution in [-0.2, 0) is 17.9 Å². The van der Waals surface area contributed by atoms with Crippen LogP contribution in [0.3, 0.4) is 0 Å². The molecule has 1 saturated carbocycles. The second-order valence-corrected chi connectivity index (χ2v) is 9.19. The lowest BCUT2D eigenvalue weighted by molar-refractivity contribution is -0.192. The molecule has 4 heterocycles. The molecular formula is C22H24F3N5O5. The van der Waals surface area contributed by atoms with Crippen LogP contribution in [0.15, 0.2) is 28.0 Å². The van der Waals surface area contributed by atoms with Crippen molar-refractivity contribution in [2.75, 3.05) is 13.1 Å². The van der Waals surface area contributed by atoms with Crippen LogP contribution >= 0.6 is 0 Å². The molecule has 35 heavy (non-hydrogen) atoms. The predicted molar refractivity (Wildman–Crippen MR) is 115 cm³/mol. The highest BCUT2D eigenvalue weighted by molar-refractivity contribution is 5.94. The lowest BCUT2D eigenvalue weighted by Crippen LogP contribution is -2.45. The lowest BCUT2D eigenvalue weighted by atomic mass is 9.85. The van der Waals surface area contributed by atoms with Gasteiger partial charge in [-0.25, -0.2) is 9.48 Å². The zero-order chi connectivity index (χ0) is 25.5. The fourth-order valence-corrected chi connectivity index (χ4v) is 4.65. The number of hydrogen-bond acceptors (Lipinski definition) is 6. The fourth-order valence-electron chi connectivity index (χ4n) is 4.65. The smallest absolute Gasteiger partial charge is 0.475 e. The first-order chi connectivity index (χ1) is 16.5. The van der Waals surface area contributed by atoms with Gasteiger partial charge in [-0.05, 0) is 37.3 Å². The topological polar surface area (TPSA) is 127 Å². The summed E-state index contributed by atoms with van der Waals surface area (Å²) in [5.41, 5.74) is 0.540. The molecule has 3 aliphatic rings. The fraction of sp³-hybridized carbons (Fsp3) is 0.545. The molecule has 2 atom stereocenters. The molecular weight excluding hydrogens is 471 g/mol. The van der Waals surface area contributed by atoms with Crippen LogP contribution in [0.2, 0.25) is 0 Å². The number of aryl methyl sites for hydroxylation is 1. The molecule has 2 aromatic heterocycles. The SMILES string of the molecule is Cc1cncc(C(=O)N2CC3Cn4c(nn(CC5CCC5)c(=O)c4=O)C3C2)c1.O=C(O)C(F)(F)F. The van der Waals surface area contributed by atoms with E-state index < -0.39 is 23.3 Å². The Labute approximate surface area is 197 Å². The maximum absolute atomic E-state index is 12.9. The summed E-state index contributed by atoms with van der Waals surface area (Å²) in [6, 6.07) is 1.84. The van der Waals surface area contributed by atoms with Gasteiger partial charge in [-0.2, -0.15) is 18.3 Å². The number of carbonyl (C=O) groups is 2. The zero-order valence-electron chi connectivity index (χ0n) is 18.9. The molecule has 0 aromatic carbocycles. The van der Waals surface area contributed by atoms with E-state index in [0.717, 1.165) is 18.4 Å². The van der Waals surface area contributed by atoms with Crippen molar-refractivity contribution in [3.63, 3.8) is 0 Å². The third kappa shape index (κ3) is 4.98. The van der Waals surface area contributed by atoms with Crippen molar-refractivity contribution in [3.05, 3.63) is 56.1 Å². The quantitative estimate of drug-likeness (QED) is 0.638. The van der Waals surface area contributed by atoms with Gasteiger partial charge in [-0.15, -0.1) is 0 Å². The van der Waals surface area contributed by atoms with Crippen LogP contribution in [0.1, 0.15) is 46.9 Å². The van der Waals surface area contributed by atoms with Crippen LogP contribution in [-0.4, -0.2) is 60.5 Å². The van der Waals surface area contributed by atoms with E-state index in [9.17, 15) is 27.6 Å². The molecule has 1 N–H and O–H groups in total. The maximum Gasteiger partial charge on any atom is 0.490 e. The molecule has 5 rings (SSSR count). The van der Waals surface area contributed by atoms with Crippen molar-refractivity contribution >= 4 is 11.9 Å². The molecule has 188 valence electrons. The third-order valence-corrected chi connectivity index (χ3v) is 6.66. The summed E-state index contributed by atoms with van der Waals surface area (Å²) < 4.78 is 34.6. The Bertz CT molecular complexity index is 1270. The van der Waals surface area contributed by atoms with E-state index >= 15 is 0 Å². The van der Waals surface area contributed by atoms with E-state index in [1.807, 2.05) is 17.9 Å². The minimum atomic E-state index is -5.08. The predicted octanol–water partition coefficient (Wildman–Crippen LogP) is 1.41. The van der Waals surface area contributed by atoms with Gasteiger partial charge in [0, 0.05) is 50.4 Å².